The Labute approximate surface area is 314 Å². The van der Waals surface area contributed by atoms with Crippen LogP contribution in [0.1, 0.15) is 104 Å². The topological polar surface area (TPSA) is 155 Å². The number of ketones is 1. The van der Waals surface area contributed by atoms with Gasteiger partial charge in [0.25, 0.3) is 0 Å². The van der Waals surface area contributed by atoms with E-state index in [9.17, 15) is 24.6 Å². The van der Waals surface area contributed by atoms with E-state index >= 15 is 4.79 Å². The predicted octanol–water partition coefficient (Wildman–Crippen LogP) is 5.85. The summed E-state index contributed by atoms with van der Waals surface area (Å²) in [6.07, 6.45) is -2.96. The van der Waals surface area contributed by atoms with Crippen molar-refractivity contribution in [3.8, 4) is 0 Å². The van der Waals surface area contributed by atoms with Crippen LogP contribution in [-0.2, 0) is 37.8 Å². The third-order valence-electron chi connectivity index (χ3n) is 14.1. The van der Waals surface area contributed by atoms with Gasteiger partial charge in [0.15, 0.2) is 25.8 Å². The molecule has 1 saturated heterocycles. The summed E-state index contributed by atoms with van der Waals surface area (Å²) < 4.78 is 32.7. The minimum Gasteiger partial charge on any atom is -0.455 e. The Morgan fingerprint density at radius 2 is 1.60 bits per heavy atom. The zero-order valence-electron chi connectivity index (χ0n) is 32.6. The summed E-state index contributed by atoms with van der Waals surface area (Å²) in [7, 11) is -2.50. The van der Waals surface area contributed by atoms with Crippen LogP contribution in [0.3, 0.4) is 0 Å². The number of ether oxygens (including phenoxy) is 4. The highest BCUT2D eigenvalue weighted by Gasteiger charge is 2.78. The molecule has 0 radical (unpaired) electrons. The number of hydrogen-bond donors (Lipinski definition) is 2. The molecule has 1 aromatic carbocycles. The lowest BCUT2D eigenvalue weighted by molar-refractivity contribution is -0.344. The zero-order chi connectivity index (χ0) is 38.7. The molecule has 1 heterocycles. The van der Waals surface area contributed by atoms with E-state index in [-0.39, 0.29) is 36.5 Å². The van der Waals surface area contributed by atoms with E-state index in [2.05, 4.69) is 20.8 Å². The normalized spacial score (nSPS) is 36.7. The van der Waals surface area contributed by atoms with Crippen LogP contribution < -0.4 is 0 Å². The molecule has 2 bridgehead atoms. The second-order valence-corrected chi connectivity index (χ2v) is 21.6. The first-order valence-electron chi connectivity index (χ1n) is 19.6. The van der Waals surface area contributed by atoms with Gasteiger partial charge in [0.2, 0.25) is 0 Å². The predicted molar refractivity (Wildman–Crippen MR) is 197 cm³/mol. The number of carbonyl (C=O) groups is 4. The molecular formula is C41H58O11Si. The largest absolute Gasteiger partial charge is 0.455 e. The van der Waals surface area contributed by atoms with Gasteiger partial charge in [-0.1, -0.05) is 65.7 Å². The van der Waals surface area contributed by atoms with Gasteiger partial charge in [-0.15, -0.1) is 0 Å². The van der Waals surface area contributed by atoms with Crippen molar-refractivity contribution < 1.29 is 52.8 Å². The minimum absolute atomic E-state index is 0.123. The van der Waals surface area contributed by atoms with Gasteiger partial charge in [-0.25, -0.2) is 4.79 Å². The Kier molecular flexibility index (Phi) is 10.7. The van der Waals surface area contributed by atoms with E-state index in [4.69, 9.17) is 23.4 Å². The van der Waals surface area contributed by atoms with Crippen molar-refractivity contribution in [3.05, 3.63) is 47.0 Å². The van der Waals surface area contributed by atoms with Gasteiger partial charge >= 0.3 is 17.9 Å². The quantitative estimate of drug-likeness (QED) is 0.128. The minimum atomic E-state index is -2.50. The lowest BCUT2D eigenvalue weighted by Gasteiger charge is -2.68. The van der Waals surface area contributed by atoms with Crippen LogP contribution in [0.15, 0.2) is 41.5 Å². The van der Waals surface area contributed by atoms with E-state index in [1.807, 2.05) is 0 Å². The van der Waals surface area contributed by atoms with E-state index in [0.717, 1.165) is 31.0 Å². The van der Waals surface area contributed by atoms with Crippen molar-refractivity contribution in [2.75, 3.05) is 6.61 Å². The number of aliphatic hydroxyl groups is 2. The van der Waals surface area contributed by atoms with Crippen molar-refractivity contribution in [1.29, 1.82) is 0 Å². The van der Waals surface area contributed by atoms with Crippen LogP contribution in [0.2, 0.25) is 18.1 Å². The summed E-state index contributed by atoms with van der Waals surface area (Å²) >= 11 is 0. The summed E-state index contributed by atoms with van der Waals surface area (Å²) in [5.74, 6) is -4.00. The second-order valence-electron chi connectivity index (χ2n) is 16.9. The molecule has 3 saturated carbocycles. The number of aliphatic hydroxyl groups excluding tert-OH is 1. The zero-order valence-corrected chi connectivity index (χ0v) is 33.6. The molecule has 12 heteroatoms. The summed E-state index contributed by atoms with van der Waals surface area (Å²) in [5, 5.41) is 25.3. The first-order chi connectivity index (χ1) is 25.0. The van der Waals surface area contributed by atoms with Crippen LogP contribution in [0.4, 0.5) is 0 Å². The summed E-state index contributed by atoms with van der Waals surface area (Å²) in [6, 6.07) is 10.7. The Bertz CT molecular complexity index is 1620. The number of Topliss-reactive ketones (excluding diaryl/α,β-unsaturated/α-hetero) is 1. The molecule has 4 aliphatic carbocycles. The molecule has 1 aliphatic heterocycles. The Morgan fingerprint density at radius 3 is 2.15 bits per heavy atom. The van der Waals surface area contributed by atoms with Crippen LogP contribution >= 0.6 is 0 Å². The summed E-state index contributed by atoms with van der Waals surface area (Å²) in [6.45, 7) is 14.3. The highest BCUT2D eigenvalue weighted by atomic mass is 28.4. The highest BCUT2D eigenvalue weighted by molar-refractivity contribution is 6.73. The molecule has 11 nitrogen and oxygen atoms in total. The number of benzene rings is 1. The summed E-state index contributed by atoms with van der Waals surface area (Å²) in [5.41, 5.74) is -5.75. The smallest absolute Gasteiger partial charge is 0.338 e. The first kappa shape index (κ1) is 39.8. The molecule has 6 rings (SSSR count). The van der Waals surface area contributed by atoms with Gasteiger partial charge in [0.05, 0.1) is 41.6 Å². The second kappa shape index (κ2) is 14.3. The maximum absolute atomic E-state index is 16.1. The van der Waals surface area contributed by atoms with E-state index in [0.29, 0.717) is 18.4 Å². The van der Waals surface area contributed by atoms with E-state index in [1.54, 1.807) is 58.0 Å². The average Bonchev–Trinajstić information content (AvgIpc) is 3.67. The molecular weight excluding hydrogens is 697 g/mol. The molecule has 1 aromatic rings. The lowest BCUT2D eigenvalue weighted by Crippen LogP contribution is -2.82. The van der Waals surface area contributed by atoms with Crippen molar-refractivity contribution in [3.63, 3.8) is 0 Å². The van der Waals surface area contributed by atoms with Gasteiger partial charge in [-0.3, -0.25) is 14.4 Å². The summed E-state index contributed by atoms with van der Waals surface area (Å²) in [4.78, 5) is 57.4. The van der Waals surface area contributed by atoms with Crippen LogP contribution in [0, 0.1) is 22.7 Å². The van der Waals surface area contributed by atoms with Gasteiger partial charge in [-0.2, -0.15) is 0 Å². The molecule has 292 valence electrons. The highest BCUT2D eigenvalue weighted by Crippen LogP contribution is 2.65. The maximum Gasteiger partial charge on any atom is 0.338 e. The monoisotopic (exact) mass is 754 g/mol. The molecule has 5 aliphatic rings. The molecule has 0 amide bonds. The molecule has 53 heavy (non-hydrogen) atoms. The number of fused-ring (bicyclic) bond motifs is 5. The molecule has 0 aromatic heterocycles. The molecule has 0 spiro atoms. The fraction of sp³-hybridized carbons (Fsp3) is 0.707. The lowest BCUT2D eigenvalue weighted by atomic mass is 9.44. The van der Waals surface area contributed by atoms with Crippen molar-refractivity contribution >= 4 is 32.0 Å². The number of rotatable bonds is 10. The number of hydrogen-bond acceptors (Lipinski definition) is 11. The van der Waals surface area contributed by atoms with Gasteiger partial charge < -0.3 is 33.6 Å². The molecule has 9 atom stereocenters. The number of carbonyl (C=O) groups excluding carboxylic acids is 4. The Morgan fingerprint density at radius 1 is 0.981 bits per heavy atom. The van der Waals surface area contributed by atoms with Crippen molar-refractivity contribution in [2.24, 2.45) is 22.7 Å². The van der Waals surface area contributed by atoms with Gasteiger partial charge in [0.1, 0.15) is 17.8 Å². The maximum atomic E-state index is 16.1. The van der Waals surface area contributed by atoms with Crippen molar-refractivity contribution in [1.82, 2.24) is 0 Å². The fourth-order valence-electron chi connectivity index (χ4n) is 10.6. The van der Waals surface area contributed by atoms with E-state index in [1.165, 1.54) is 6.92 Å². The van der Waals surface area contributed by atoms with Crippen LogP contribution in [0.25, 0.3) is 0 Å². The Hall–Kier alpha value is -2.90. The van der Waals surface area contributed by atoms with E-state index < -0.39 is 90.5 Å². The van der Waals surface area contributed by atoms with Crippen LogP contribution in [-0.4, -0.2) is 90.6 Å². The van der Waals surface area contributed by atoms with Crippen LogP contribution in [0.5, 0.6) is 0 Å². The third-order valence-corrected chi connectivity index (χ3v) is 18.8. The number of esters is 3. The van der Waals surface area contributed by atoms with Crippen molar-refractivity contribution in [2.45, 2.75) is 154 Å². The standard InChI is InChI=1S/C41H58O11Si/c1-9-53(10-2,11-3)52-29-21-30-40(23-48-30,51-25(5)42)33-35(50-37(46)27-17-13-12-14-18-27)41(47)22-28(43)24(4)31(38(41,6)7)32(34(44)39(29,33)8)49-36(45)26-19-15-16-20-26/h12-14,17-18,26,28-30,32-33,35,43,47H,9-11,15-16,19-23H2,1-8H3/t28-,29-,30+,32+,33-,35-,39+,40-,41+/m0/s1. The third kappa shape index (κ3) is 6.15. The van der Waals surface area contributed by atoms with Gasteiger partial charge in [0, 0.05) is 25.2 Å². The van der Waals surface area contributed by atoms with Gasteiger partial charge in [-0.05, 0) is 68.1 Å². The average molecular weight is 755 g/mol. The molecule has 0 unspecified atom stereocenters. The fourth-order valence-corrected chi connectivity index (χ4v) is 13.5. The SMILES string of the molecule is CC[Si](CC)(CC)O[C@H]1C[C@H]2OC[C@@]2(OC(C)=O)[C@H]2[C@H](OC(=O)c3ccccc3)[C@]3(O)C[C@H](O)C(C)=C([C@@H](OC(=O)C4CCCC4)C(=O)[C@]12C)C3(C)C. The first-order valence-corrected chi connectivity index (χ1v) is 22.1. The molecule has 4 fully saturated rings. The molecule has 2 N–H and O–H groups in total. The Balaban J connectivity index is 1.66.